The molecule has 2 heteroatoms. The van der Waals surface area contributed by atoms with E-state index in [4.69, 9.17) is 6.42 Å². The van der Waals surface area contributed by atoms with Gasteiger partial charge >= 0.3 is 0 Å². The number of hydrogen-bond donors (Lipinski definition) is 1. The molecule has 0 unspecified atom stereocenters. The largest absolute Gasteiger partial charge is 0.369 e. The molecule has 2 rings (SSSR count). The smallest absolute Gasteiger partial charge is 0.176 e. The molecular weight excluding hydrogens is 198 g/mol. The third kappa shape index (κ3) is 1.69. The van der Waals surface area contributed by atoms with Gasteiger partial charge in [-0.05, 0) is 12.1 Å². The molecule has 0 saturated heterocycles. The predicted molar refractivity (Wildman–Crippen MR) is 62.5 cm³/mol. The summed E-state index contributed by atoms with van der Waals surface area (Å²) in [4.78, 5) is 3.91. The Morgan fingerprint density at radius 1 is 1.00 bits per heavy atom. The summed E-state index contributed by atoms with van der Waals surface area (Å²) in [7, 11) is 0. The summed E-state index contributed by atoms with van der Waals surface area (Å²) in [6.07, 6.45) is 8.67. The van der Waals surface area contributed by atoms with Gasteiger partial charge in [0.1, 0.15) is 0 Å². The summed E-state index contributed by atoms with van der Waals surface area (Å²) in [5.74, 6) is 2.44. The molecular formula is C14H11NO. The van der Waals surface area contributed by atoms with Crippen LogP contribution in [-0.2, 0) is 5.60 Å². The highest BCUT2D eigenvalue weighted by molar-refractivity contribution is 5.42. The molecule has 78 valence electrons. The highest BCUT2D eigenvalue weighted by Gasteiger charge is 2.28. The maximum absolute atomic E-state index is 10.5. The Kier molecular flexibility index (Phi) is 2.72. The van der Waals surface area contributed by atoms with Gasteiger partial charge in [0.25, 0.3) is 0 Å². The fourth-order valence-electron chi connectivity index (χ4n) is 1.61. The highest BCUT2D eigenvalue weighted by atomic mass is 16.3. The molecule has 0 aliphatic heterocycles. The fraction of sp³-hybridized carbons (Fsp3) is 0.0714. The quantitative estimate of drug-likeness (QED) is 0.767. The third-order valence-electron chi connectivity index (χ3n) is 2.50. The van der Waals surface area contributed by atoms with Crippen LogP contribution in [-0.4, -0.2) is 10.1 Å². The van der Waals surface area contributed by atoms with Gasteiger partial charge in [0.15, 0.2) is 5.60 Å². The van der Waals surface area contributed by atoms with Crippen LogP contribution in [0.2, 0.25) is 0 Å². The Morgan fingerprint density at radius 3 is 2.12 bits per heavy atom. The minimum atomic E-state index is -1.38. The van der Waals surface area contributed by atoms with E-state index in [1.165, 1.54) is 0 Å². The Bertz CT molecular complexity index is 460. The van der Waals surface area contributed by atoms with E-state index in [9.17, 15) is 5.11 Å². The summed E-state index contributed by atoms with van der Waals surface area (Å²) in [5.41, 5.74) is -0.0515. The summed E-state index contributed by atoms with van der Waals surface area (Å²) in [6.45, 7) is 0. The zero-order valence-corrected chi connectivity index (χ0v) is 8.67. The van der Waals surface area contributed by atoms with Crippen LogP contribution in [0, 0.1) is 12.3 Å². The lowest BCUT2D eigenvalue weighted by Crippen LogP contribution is -2.24. The second-order valence-electron chi connectivity index (χ2n) is 3.46. The molecule has 16 heavy (non-hydrogen) atoms. The zero-order chi connectivity index (χ0) is 11.4. The van der Waals surface area contributed by atoms with Gasteiger partial charge in [-0.25, -0.2) is 0 Å². The average Bonchev–Trinajstić information content (AvgIpc) is 2.40. The lowest BCUT2D eigenvalue weighted by molar-refractivity contribution is 0.145. The van der Waals surface area contributed by atoms with Crippen molar-refractivity contribution in [1.29, 1.82) is 0 Å². The van der Waals surface area contributed by atoms with Crippen LogP contribution in [0.4, 0.5) is 0 Å². The van der Waals surface area contributed by atoms with Gasteiger partial charge in [-0.2, -0.15) is 0 Å². The van der Waals surface area contributed by atoms with Crippen molar-refractivity contribution in [2.75, 3.05) is 0 Å². The van der Waals surface area contributed by atoms with Gasteiger partial charge in [0.2, 0.25) is 0 Å². The van der Waals surface area contributed by atoms with Crippen molar-refractivity contribution in [3.63, 3.8) is 0 Å². The standard InChI is InChI=1S/C14H11NO/c1-2-14(16,12-6-4-3-5-7-12)13-8-10-15-11-9-13/h1,3-11,16H/t14-/m0/s1. The second-order valence-corrected chi connectivity index (χ2v) is 3.46. The van der Waals surface area contributed by atoms with E-state index >= 15 is 0 Å². The van der Waals surface area contributed by atoms with Crippen molar-refractivity contribution in [2.45, 2.75) is 5.60 Å². The van der Waals surface area contributed by atoms with Gasteiger partial charge in [0, 0.05) is 23.5 Å². The Hall–Kier alpha value is -2.11. The Balaban J connectivity index is 2.55. The number of nitrogens with zero attached hydrogens (tertiary/aromatic N) is 1. The number of benzene rings is 1. The summed E-state index contributed by atoms with van der Waals surface area (Å²) in [6, 6.07) is 12.6. The SMILES string of the molecule is C#C[C@](O)(c1ccccc1)c1ccncc1. The molecule has 0 saturated carbocycles. The van der Waals surface area contributed by atoms with Crippen molar-refractivity contribution in [3.05, 3.63) is 66.0 Å². The minimum Gasteiger partial charge on any atom is -0.369 e. The molecule has 0 aliphatic rings. The second kappa shape index (κ2) is 4.18. The first kappa shape index (κ1) is 10.4. The predicted octanol–water partition coefficient (Wildman–Crippen LogP) is 1.95. The molecule has 2 aromatic rings. The normalized spacial score (nSPS) is 13.8. The molecule has 1 atom stereocenters. The zero-order valence-electron chi connectivity index (χ0n) is 8.67. The first-order chi connectivity index (χ1) is 7.77. The average molecular weight is 209 g/mol. The monoisotopic (exact) mass is 209 g/mol. The fourth-order valence-corrected chi connectivity index (χ4v) is 1.61. The summed E-state index contributed by atoms with van der Waals surface area (Å²) in [5, 5.41) is 10.5. The van der Waals surface area contributed by atoms with E-state index in [1.807, 2.05) is 18.2 Å². The first-order valence-electron chi connectivity index (χ1n) is 4.93. The van der Waals surface area contributed by atoms with Crippen molar-refractivity contribution in [3.8, 4) is 12.3 Å². The van der Waals surface area contributed by atoms with Crippen molar-refractivity contribution in [2.24, 2.45) is 0 Å². The van der Waals surface area contributed by atoms with Gasteiger partial charge in [-0.15, -0.1) is 6.42 Å². The van der Waals surface area contributed by atoms with Crippen LogP contribution >= 0.6 is 0 Å². The molecule has 0 amide bonds. The molecule has 0 spiro atoms. The number of rotatable bonds is 2. The molecule has 0 radical (unpaired) electrons. The number of terminal acetylenes is 1. The van der Waals surface area contributed by atoms with E-state index in [0.29, 0.717) is 11.1 Å². The van der Waals surface area contributed by atoms with Gasteiger partial charge < -0.3 is 5.11 Å². The molecule has 1 heterocycles. The van der Waals surface area contributed by atoms with Crippen molar-refractivity contribution < 1.29 is 5.11 Å². The van der Waals surface area contributed by atoms with E-state index < -0.39 is 5.60 Å². The third-order valence-corrected chi connectivity index (χ3v) is 2.50. The summed E-state index contributed by atoms with van der Waals surface area (Å²) < 4.78 is 0. The lowest BCUT2D eigenvalue weighted by atomic mass is 9.88. The van der Waals surface area contributed by atoms with Gasteiger partial charge in [0.05, 0.1) is 0 Å². The molecule has 1 aromatic carbocycles. The van der Waals surface area contributed by atoms with Gasteiger partial charge in [-0.1, -0.05) is 36.3 Å². The highest BCUT2D eigenvalue weighted by Crippen LogP contribution is 2.27. The van der Waals surface area contributed by atoms with Crippen LogP contribution in [0.15, 0.2) is 54.9 Å². The topological polar surface area (TPSA) is 33.1 Å². The Labute approximate surface area is 94.6 Å². The Morgan fingerprint density at radius 2 is 1.56 bits per heavy atom. The lowest BCUT2D eigenvalue weighted by Gasteiger charge is -2.22. The van der Waals surface area contributed by atoms with E-state index in [-0.39, 0.29) is 0 Å². The van der Waals surface area contributed by atoms with Crippen molar-refractivity contribution >= 4 is 0 Å². The minimum absolute atomic E-state index is 0.649. The van der Waals surface area contributed by atoms with Crippen LogP contribution in [0.25, 0.3) is 0 Å². The van der Waals surface area contributed by atoms with Crippen LogP contribution < -0.4 is 0 Å². The van der Waals surface area contributed by atoms with Gasteiger partial charge in [-0.3, -0.25) is 4.98 Å². The number of pyridine rings is 1. The van der Waals surface area contributed by atoms with Crippen LogP contribution in [0.3, 0.4) is 0 Å². The van der Waals surface area contributed by atoms with E-state index in [2.05, 4.69) is 10.9 Å². The first-order valence-corrected chi connectivity index (χ1v) is 4.93. The molecule has 1 N–H and O–H groups in total. The molecule has 2 nitrogen and oxygen atoms in total. The number of aliphatic hydroxyl groups is 1. The van der Waals surface area contributed by atoms with Crippen molar-refractivity contribution in [1.82, 2.24) is 4.98 Å². The van der Waals surface area contributed by atoms with Crippen LogP contribution in [0.1, 0.15) is 11.1 Å². The number of hydrogen-bond acceptors (Lipinski definition) is 2. The molecule has 0 aliphatic carbocycles. The van der Waals surface area contributed by atoms with E-state index in [1.54, 1.807) is 36.7 Å². The van der Waals surface area contributed by atoms with Crippen LogP contribution in [0.5, 0.6) is 0 Å². The molecule has 0 bridgehead atoms. The van der Waals surface area contributed by atoms with E-state index in [0.717, 1.165) is 0 Å². The maximum atomic E-state index is 10.5. The summed E-state index contributed by atoms with van der Waals surface area (Å²) >= 11 is 0. The molecule has 1 aromatic heterocycles. The number of aromatic nitrogens is 1. The maximum Gasteiger partial charge on any atom is 0.176 e. The molecule has 0 fully saturated rings.